The van der Waals surface area contributed by atoms with E-state index in [1.807, 2.05) is 6.92 Å². The van der Waals surface area contributed by atoms with Gasteiger partial charge in [0.1, 0.15) is 0 Å². The SMILES string of the molecule is Cc1cc(C(=O)CC23CC(NC(=O)c4cc(C(F)(F)F)no4)(C2)C3)ccc1Cl. The Hall–Kier alpha value is -2.35. The molecule has 0 atom stereocenters. The molecule has 5 rings (SSSR count). The van der Waals surface area contributed by atoms with E-state index in [1.165, 1.54) is 0 Å². The Balaban J connectivity index is 1.34. The molecule has 0 saturated heterocycles. The molecule has 3 aliphatic carbocycles. The van der Waals surface area contributed by atoms with Crippen molar-refractivity contribution in [1.82, 2.24) is 10.5 Å². The highest BCUT2D eigenvalue weighted by Crippen LogP contribution is 2.69. The van der Waals surface area contributed by atoms with Crippen molar-refractivity contribution in [3.63, 3.8) is 0 Å². The Bertz CT molecular complexity index is 963. The van der Waals surface area contributed by atoms with E-state index in [2.05, 4.69) is 15.0 Å². The van der Waals surface area contributed by atoms with Crippen LogP contribution in [0.25, 0.3) is 0 Å². The summed E-state index contributed by atoms with van der Waals surface area (Å²) in [6.07, 6.45) is -2.45. The molecular formula is C19H16ClF3N2O3. The Morgan fingerprint density at radius 2 is 1.93 bits per heavy atom. The second kappa shape index (κ2) is 6.07. The zero-order chi connectivity index (χ0) is 20.3. The van der Waals surface area contributed by atoms with Crippen molar-refractivity contribution in [2.45, 2.75) is 44.3 Å². The maximum Gasteiger partial charge on any atom is 0.436 e. The van der Waals surface area contributed by atoms with Gasteiger partial charge in [0.05, 0.1) is 0 Å². The lowest BCUT2D eigenvalue weighted by molar-refractivity contribution is -0.145. The average molecular weight is 413 g/mol. The predicted octanol–water partition coefficient (Wildman–Crippen LogP) is 4.58. The number of aromatic nitrogens is 1. The summed E-state index contributed by atoms with van der Waals surface area (Å²) < 4.78 is 42.2. The topological polar surface area (TPSA) is 72.2 Å². The second-order valence-electron chi connectivity index (χ2n) is 7.90. The Morgan fingerprint density at radius 3 is 2.50 bits per heavy atom. The molecule has 148 valence electrons. The molecule has 2 aromatic rings. The van der Waals surface area contributed by atoms with Gasteiger partial charge in [-0.1, -0.05) is 16.8 Å². The van der Waals surface area contributed by atoms with Crippen molar-refractivity contribution < 1.29 is 27.3 Å². The van der Waals surface area contributed by atoms with Gasteiger partial charge in [-0.05, 0) is 55.4 Å². The maximum absolute atomic E-state index is 12.6. The summed E-state index contributed by atoms with van der Waals surface area (Å²) in [6.45, 7) is 1.83. The Labute approximate surface area is 163 Å². The number of hydrogen-bond acceptors (Lipinski definition) is 4. The summed E-state index contributed by atoms with van der Waals surface area (Å²) in [5.41, 5.74) is -0.435. The number of hydrogen-bond donors (Lipinski definition) is 1. The van der Waals surface area contributed by atoms with Crippen LogP contribution in [0.4, 0.5) is 13.2 Å². The largest absolute Gasteiger partial charge is 0.436 e. The normalized spacial score (nSPS) is 25.6. The number of alkyl halides is 3. The van der Waals surface area contributed by atoms with Crippen LogP contribution in [0.15, 0.2) is 28.8 Å². The van der Waals surface area contributed by atoms with Crippen LogP contribution in [0.2, 0.25) is 5.02 Å². The molecule has 3 aliphatic rings. The van der Waals surface area contributed by atoms with Gasteiger partial charge in [0.15, 0.2) is 11.5 Å². The molecule has 0 spiro atoms. The first-order valence-electron chi connectivity index (χ1n) is 8.67. The lowest BCUT2D eigenvalue weighted by atomic mass is 9.38. The molecule has 5 nitrogen and oxygen atoms in total. The van der Waals surface area contributed by atoms with Crippen LogP contribution in [0.1, 0.15) is 57.9 Å². The van der Waals surface area contributed by atoms with Crippen molar-refractivity contribution in [3.05, 3.63) is 51.9 Å². The fourth-order valence-electron chi connectivity index (χ4n) is 4.40. The zero-order valence-electron chi connectivity index (χ0n) is 14.8. The molecule has 3 fully saturated rings. The van der Waals surface area contributed by atoms with Crippen LogP contribution in [-0.2, 0) is 6.18 Å². The number of ketones is 1. The lowest BCUT2D eigenvalue weighted by Crippen LogP contribution is -2.74. The van der Waals surface area contributed by atoms with E-state index in [-0.39, 0.29) is 11.2 Å². The van der Waals surface area contributed by atoms with E-state index in [4.69, 9.17) is 11.6 Å². The van der Waals surface area contributed by atoms with Crippen LogP contribution >= 0.6 is 11.6 Å². The minimum Gasteiger partial charge on any atom is -0.350 e. The van der Waals surface area contributed by atoms with Crippen LogP contribution in [0.3, 0.4) is 0 Å². The van der Waals surface area contributed by atoms with Gasteiger partial charge < -0.3 is 9.84 Å². The number of amides is 1. The predicted molar refractivity (Wildman–Crippen MR) is 93.1 cm³/mol. The van der Waals surface area contributed by atoms with Gasteiger partial charge >= 0.3 is 6.18 Å². The molecule has 3 saturated carbocycles. The molecule has 0 unspecified atom stereocenters. The number of Topliss-reactive ketones (excluding diaryl/α,β-unsaturated/α-hetero) is 1. The molecule has 0 aliphatic heterocycles. The molecule has 1 amide bonds. The van der Waals surface area contributed by atoms with E-state index in [9.17, 15) is 22.8 Å². The first-order chi connectivity index (χ1) is 13.0. The third-order valence-corrected chi connectivity index (χ3v) is 5.98. The van der Waals surface area contributed by atoms with Gasteiger partial charge in [-0.3, -0.25) is 9.59 Å². The third kappa shape index (κ3) is 3.19. The molecule has 0 radical (unpaired) electrons. The number of halogens is 4. The molecular weight excluding hydrogens is 397 g/mol. The maximum atomic E-state index is 12.6. The standard InChI is InChI=1S/C19H16ClF3N2O3/c1-10-4-11(2-3-12(10)20)13(26)6-17-7-18(8-17,9-17)24-16(27)14-5-15(25-28-14)19(21,22)23/h2-5H,6-9H2,1H3,(H,24,27). The van der Waals surface area contributed by atoms with E-state index in [1.54, 1.807) is 18.2 Å². The second-order valence-corrected chi connectivity index (χ2v) is 8.31. The molecule has 1 heterocycles. The van der Waals surface area contributed by atoms with Crippen molar-refractivity contribution in [2.24, 2.45) is 5.41 Å². The van der Waals surface area contributed by atoms with Gasteiger partial charge in [-0.2, -0.15) is 13.2 Å². The van der Waals surface area contributed by atoms with Gasteiger partial charge in [-0.15, -0.1) is 0 Å². The minimum atomic E-state index is -4.66. The zero-order valence-corrected chi connectivity index (χ0v) is 15.6. The van der Waals surface area contributed by atoms with Crippen molar-refractivity contribution in [1.29, 1.82) is 0 Å². The summed E-state index contributed by atoms with van der Waals surface area (Å²) in [6, 6.07) is 5.74. The summed E-state index contributed by atoms with van der Waals surface area (Å²) in [5.74, 6) is -1.18. The average Bonchev–Trinajstić information content (AvgIpc) is 3.04. The summed E-state index contributed by atoms with van der Waals surface area (Å²) in [7, 11) is 0. The molecule has 9 heteroatoms. The van der Waals surface area contributed by atoms with E-state index in [0.717, 1.165) is 5.56 Å². The van der Waals surface area contributed by atoms with E-state index in [0.29, 0.717) is 42.3 Å². The Morgan fingerprint density at radius 1 is 1.25 bits per heavy atom. The summed E-state index contributed by atoms with van der Waals surface area (Å²) >= 11 is 5.98. The quantitative estimate of drug-likeness (QED) is 0.729. The van der Waals surface area contributed by atoms with Crippen molar-refractivity contribution in [3.8, 4) is 0 Å². The smallest absolute Gasteiger partial charge is 0.350 e. The molecule has 28 heavy (non-hydrogen) atoms. The number of rotatable bonds is 5. The number of nitrogens with one attached hydrogen (secondary N) is 1. The number of aryl methyl sites for hydroxylation is 1. The monoisotopic (exact) mass is 412 g/mol. The number of carbonyl (C=O) groups is 2. The molecule has 1 aromatic carbocycles. The molecule has 1 N–H and O–H groups in total. The van der Waals surface area contributed by atoms with Crippen molar-refractivity contribution in [2.75, 3.05) is 0 Å². The highest BCUT2D eigenvalue weighted by atomic mass is 35.5. The minimum absolute atomic E-state index is 0.0180. The van der Waals surface area contributed by atoms with Gasteiger partial charge in [0, 0.05) is 28.6 Å². The first kappa shape index (κ1) is 19.0. The fourth-order valence-corrected chi connectivity index (χ4v) is 4.51. The lowest BCUT2D eigenvalue weighted by Gasteiger charge is -2.70. The summed E-state index contributed by atoms with van der Waals surface area (Å²) in [5, 5.41) is 6.21. The van der Waals surface area contributed by atoms with Gasteiger partial charge in [-0.25, -0.2) is 0 Å². The number of carbonyl (C=O) groups excluding carboxylic acids is 2. The first-order valence-corrected chi connectivity index (χ1v) is 9.05. The van der Waals surface area contributed by atoms with Gasteiger partial charge in [0.2, 0.25) is 5.76 Å². The highest BCUT2D eigenvalue weighted by Gasteiger charge is 2.68. The summed E-state index contributed by atoms with van der Waals surface area (Å²) in [4.78, 5) is 24.7. The number of benzene rings is 1. The van der Waals surface area contributed by atoms with Crippen LogP contribution in [0, 0.1) is 12.3 Å². The van der Waals surface area contributed by atoms with Crippen LogP contribution in [-0.4, -0.2) is 22.4 Å². The van der Waals surface area contributed by atoms with Gasteiger partial charge in [0.25, 0.3) is 5.91 Å². The fraction of sp³-hybridized carbons (Fsp3) is 0.421. The molecule has 2 bridgehead atoms. The van der Waals surface area contributed by atoms with E-state index < -0.39 is 29.1 Å². The number of nitrogens with zero attached hydrogens (tertiary/aromatic N) is 1. The van der Waals surface area contributed by atoms with Crippen LogP contribution in [0.5, 0.6) is 0 Å². The van der Waals surface area contributed by atoms with Crippen molar-refractivity contribution >= 4 is 23.3 Å². The van der Waals surface area contributed by atoms with Crippen LogP contribution < -0.4 is 5.32 Å². The molecule has 1 aromatic heterocycles. The highest BCUT2D eigenvalue weighted by molar-refractivity contribution is 6.31. The van der Waals surface area contributed by atoms with E-state index >= 15 is 0 Å². The Kier molecular flexibility index (Phi) is 4.12. The third-order valence-electron chi connectivity index (χ3n) is 5.56.